The molecule has 0 unspecified atom stereocenters. The minimum Gasteiger partial charge on any atom is -0.356 e. The van der Waals surface area contributed by atoms with Gasteiger partial charge in [0.05, 0.1) is 0 Å². The maximum Gasteiger partial charge on any atom is 0.220 e. The van der Waals surface area contributed by atoms with Crippen LogP contribution in [0.5, 0.6) is 0 Å². The van der Waals surface area contributed by atoms with Crippen LogP contribution in [-0.2, 0) is 9.59 Å². The van der Waals surface area contributed by atoms with E-state index in [0.717, 1.165) is 19.4 Å². The predicted molar refractivity (Wildman–Crippen MR) is 55.7 cm³/mol. The molecule has 3 nitrogen and oxygen atoms in total. The van der Waals surface area contributed by atoms with Gasteiger partial charge in [0.1, 0.15) is 0 Å². The Morgan fingerprint density at radius 2 is 2.08 bits per heavy atom. The van der Waals surface area contributed by atoms with Gasteiger partial charge in [-0.3, -0.25) is 9.59 Å². The number of amides is 1. The van der Waals surface area contributed by atoms with E-state index < -0.39 is 0 Å². The van der Waals surface area contributed by atoms with E-state index in [1.165, 1.54) is 18.7 Å². The van der Waals surface area contributed by atoms with Crippen molar-refractivity contribution in [2.75, 3.05) is 12.3 Å². The van der Waals surface area contributed by atoms with Crippen LogP contribution >= 0.6 is 11.8 Å². The first kappa shape index (κ1) is 12.5. The van der Waals surface area contributed by atoms with Crippen molar-refractivity contribution in [3.63, 3.8) is 0 Å². The molecule has 0 aromatic carbocycles. The fraction of sp³-hybridized carbons (Fsp3) is 0.778. The largest absolute Gasteiger partial charge is 0.356 e. The van der Waals surface area contributed by atoms with E-state index in [-0.39, 0.29) is 11.0 Å². The number of unbranched alkanes of at least 4 members (excludes halogenated alkanes) is 1. The highest BCUT2D eigenvalue weighted by Crippen LogP contribution is 2.02. The lowest BCUT2D eigenvalue weighted by Crippen LogP contribution is -2.24. The van der Waals surface area contributed by atoms with E-state index in [1.54, 1.807) is 0 Å². The fourth-order valence-electron chi connectivity index (χ4n) is 0.780. The van der Waals surface area contributed by atoms with Crippen molar-refractivity contribution in [2.45, 2.75) is 33.1 Å². The second-order valence-electron chi connectivity index (χ2n) is 2.79. The maximum atomic E-state index is 11.1. The predicted octanol–water partition coefficient (Wildman–Crippen LogP) is 1.57. The summed E-state index contributed by atoms with van der Waals surface area (Å²) < 4.78 is 0. The van der Waals surface area contributed by atoms with Crippen molar-refractivity contribution in [1.82, 2.24) is 5.32 Å². The Balaban J connectivity index is 3.25. The lowest BCUT2D eigenvalue weighted by atomic mass is 10.3. The van der Waals surface area contributed by atoms with Gasteiger partial charge in [-0.1, -0.05) is 25.1 Å². The molecule has 1 amide bonds. The van der Waals surface area contributed by atoms with Gasteiger partial charge < -0.3 is 5.32 Å². The SMILES string of the molecule is CCCCNC(=O)CCSC(C)=O. The van der Waals surface area contributed by atoms with Crippen molar-refractivity contribution < 1.29 is 9.59 Å². The summed E-state index contributed by atoms with van der Waals surface area (Å²) in [6, 6.07) is 0. The molecule has 0 aliphatic heterocycles. The maximum absolute atomic E-state index is 11.1. The van der Waals surface area contributed by atoms with Crippen molar-refractivity contribution in [2.24, 2.45) is 0 Å². The van der Waals surface area contributed by atoms with Crippen LogP contribution in [-0.4, -0.2) is 23.3 Å². The normalized spacial score (nSPS) is 9.69. The molecule has 0 atom stereocenters. The summed E-state index contributed by atoms with van der Waals surface area (Å²) in [5.41, 5.74) is 0. The van der Waals surface area contributed by atoms with Crippen LogP contribution in [0.15, 0.2) is 0 Å². The highest BCUT2D eigenvalue weighted by Gasteiger charge is 2.01. The molecule has 0 fully saturated rings. The Morgan fingerprint density at radius 1 is 1.38 bits per heavy atom. The summed E-state index contributed by atoms with van der Waals surface area (Å²) in [4.78, 5) is 21.6. The van der Waals surface area contributed by atoms with E-state index >= 15 is 0 Å². The minimum absolute atomic E-state index is 0.0437. The van der Waals surface area contributed by atoms with E-state index in [4.69, 9.17) is 0 Å². The Labute approximate surface area is 83.7 Å². The second kappa shape index (κ2) is 8.10. The van der Waals surface area contributed by atoms with Crippen LogP contribution in [0.3, 0.4) is 0 Å². The lowest BCUT2D eigenvalue weighted by molar-refractivity contribution is -0.120. The third kappa shape index (κ3) is 9.40. The summed E-state index contributed by atoms with van der Waals surface area (Å²) >= 11 is 1.20. The number of hydrogen-bond donors (Lipinski definition) is 1. The van der Waals surface area contributed by atoms with Crippen LogP contribution in [0, 0.1) is 0 Å². The zero-order valence-corrected chi connectivity index (χ0v) is 9.08. The Kier molecular flexibility index (Phi) is 7.79. The third-order valence-corrected chi connectivity index (χ3v) is 2.30. The molecule has 0 aromatic rings. The van der Waals surface area contributed by atoms with Gasteiger partial charge in [-0.05, 0) is 6.42 Å². The molecule has 0 radical (unpaired) electrons. The summed E-state index contributed by atoms with van der Waals surface area (Å²) in [6.45, 7) is 4.34. The molecule has 4 heteroatoms. The highest BCUT2D eigenvalue weighted by molar-refractivity contribution is 8.13. The van der Waals surface area contributed by atoms with E-state index in [1.807, 2.05) is 0 Å². The number of carbonyl (C=O) groups is 2. The van der Waals surface area contributed by atoms with Gasteiger partial charge in [0.25, 0.3) is 0 Å². The van der Waals surface area contributed by atoms with Gasteiger partial charge in [-0.2, -0.15) is 0 Å². The standard InChI is InChI=1S/C9H17NO2S/c1-3-4-6-10-9(12)5-7-13-8(2)11/h3-7H2,1-2H3,(H,10,12). The van der Waals surface area contributed by atoms with Gasteiger partial charge in [-0.25, -0.2) is 0 Å². The Morgan fingerprint density at radius 3 is 2.62 bits per heavy atom. The molecular weight excluding hydrogens is 186 g/mol. The van der Waals surface area contributed by atoms with Gasteiger partial charge >= 0.3 is 0 Å². The zero-order valence-electron chi connectivity index (χ0n) is 8.26. The smallest absolute Gasteiger partial charge is 0.220 e. The molecule has 13 heavy (non-hydrogen) atoms. The first-order chi connectivity index (χ1) is 6.16. The van der Waals surface area contributed by atoms with Crippen LogP contribution in [0.1, 0.15) is 33.1 Å². The molecule has 0 heterocycles. The zero-order chi connectivity index (χ0) is 10.1. The quantitative estimate of drug-likeness (QED) is 0.667. The summed E-state index contributed by atoms with van der Waals surface area (Å²) in [5, 5.41) is 2.86. The third-order valence-electron chi connectivity index (χ3n) is 1.49. The summed E-state index contributed by atoms with van der Waals surface area (Å²) in [7, 11) is 0. The van der Waals surface area contributed by atoms with Crippen molar-refractivity contribution in [1.29, 1.82) is 0 Å². The van der Waals surface area contributed by atoms with E-state index in [9.17, 15) is 9.59 Å². The average Bonchev–Trinajstić information content (AvgIpc) is 2.04. The molecule has 1 N–H and O–H groups in total. The van der Waals surface area contributed by atoms with Crippen molar-refractivity contribution in [3.8, 4) is 0 Å². The molecule has 0 bridgehead atoms. The van der Waals surface area contributed by atoms with Gasteiger partial charge in [0, 0.05) is 25.6 Å². The number of rotatable bonds is 6. The molecule has 0 rings (SSSR count). The van der Waals surface area contributed by atoms with Crippen LogP contribution in [0.25, 0.3) is 0 Å². The first-order valence-electron chi connectivity index (χ1n) is 4.57. The molecule has 0 aromatic heterocycles. The molecule has 0 aliphatic carbocycles. The first-order valence-corrected chi connectivity index (χ1v) is 5.55. The molecule has 0 saturated carbocycles. The van der Waals surface area contributed by atoms with Crippen LogP contribution in [0.2, 0.25) is 0 Å². The van der Waals surface area contributed by atoms with Gasteiger partial charge in [0.15, 0.2) is 5.12 Å². The Hall–Kier alpha value is -0.510. The van der Waals surface area contributed by atoms with Crippen LogP contribution < -0.4 is 5.32 Å². The number of thioether (sulfide) groups is 1. The molecule has 0 saturated heterocycles. The molecular formula is C9H17NO2S. The molecule has 0 spiro atoms. The highest BCUT2D eigenvalue weighted by atomic mass is 32.2. The van der Waals surface area contributed by atoms with E-state index in [2.05, 4.69) is 12.2 Å². The number of hydrogen-bond acceptors (Lipinski definition) is 3. The minimum atomic E-state index is 0.0437. The summed E-state index contributed by atoms with van der Waals surface area (Å²) in [6.07, 6.45) is 2.54. The number of carbonyl (C=O) groups excluding carboxylic acids is 2. The van der Waals surface area contributed by atoms with E-state index in [0.29, 0.717) is 12.2 Å². The van der Waals surface area contributed by atoms with Gasteiger partial charge in [-0.15, -0.1) is 0 Å². The summed E-state index contributed by atoms with van der Waals surface area (Å²) in [5.74, 6) is 0.634. The topological polar surface area (TPSA) is 46.2 Å². The van der Waals surface area contributed by atoms with Crippen LogP contribution in [0.4, 0.5) is 0 Å². The molecule has 76 valence electrons. The monoisotopic (exact) mass is 203 g/mol. The van der Waals surface area contributed by atoms with Gasteiger partial charge in [0.2, 0.25) is 5.91 Å². The van der Waals surface area contributed by atoms with Crippen molar-refractivity contribution >= 4 is 22.8 Å². The number of nitrogens with one attached hydrogen (secondary N) is 1. The Bertz CT molecular complexity index is 171. The molecule has 0 aliphatic rings. The fourth-order valence-corrected chi connectivity index (χ4v) is 1.36. The average molecular weight is 203 g/mol. The second-order valence-corrected chi connectivity index (χ2v) is 4.07. The lowest BCUT2D eigenvalue weighted by Gasteiger charge is -2.02. The van der Waals surface area contributed by atoms with Crippen molar-refractivity contribution in [3.05, 3.63) is 0 Å².